The minimum absolute atomic E-state index is 0.735. The maximum Gasteiger partial charge on any atom is 0.217 e. The zero-order chi connectivity index (χ0) is 45.2. The molecule has 2 amide bonds. The van der Waals surface area contributed by atoms with E-state index in [0.29, 0.717) is 0 Å². The van der Waals surface area contributed by atoms with Gasteiger partial charge in [-0.05, 0) is 6.92 Å². The van der Waals surface area contributed by atoms with E-state index in [2.05, 4.69) is 10.6 Å². The highest BCUT2D eigenvalue weighted by atomic mass is 16.8. The fraction of sp³-hybridized carbons (Fsp3) is 0.941. The van der Waals surface area contributed by atoms with Gasteiger partial charge in [-0.3, -0.25) is 9.59 Å². The average Bonchev–Trinajstić information content (AvgIpc) is 3.22. The summed E-state index contributed by atoms with van der Waals surface area (Å²) in [5.41, 5.74) is 0. The quantitative estimate of drug-likeness (QED) is 0.0770. The molecule has 0 aromatic carbocycles. The van der Waals surface area contributed by atoms with Gasteiger partial charge in [0.25, 0.3) is 0 Å². The number of hydrogen-bond acceptors (Lipinski definition) is 25. The van der Waals surface area contributed by atoms with Gasteiger partial charge < -0.3 is 125 Å². The highest BCUT2D eigenvalue weighted by Crippen LogP contribution is 2.37. The Bertz CT molecular complexity index is 1420. The Kier molecular flexibility index (Phi) is 17.5. The number of rotatable bonds is 14. The van der Waals surface area contributed by atoms with Crippen molar-refractivity contribution < 1.29 is 124 Å². The van der Waals surface area contributed by atoms with E-state index >= 15 is 0 Å². The minimum Gasteiger partial charge on any atom is -0.394 e. The fourth-order valence-electron chi connectivity index (χ4n) is 7.77. The summed E-state index contributed by atoms with van der Waals surface area (Å²) < 4.78 is 51.9. The third kappa shape index (κ3) is 10.8. The van der Waals surface area contributed by atoms with Crippen molar-refractivity contribution in [3.63, 3.8) is 0 Å². The molecule has 0 bridgehead atoms. The molecule has 0 aromatic rings. The van der Waals surface area contributed by atoms with Crippen LogP contribution in [0, 0.1) is 0 Å². The number of carbonyl (C=O) groups is 2. The van der Waals surface area contributed by atoms with E-state index in [1.54, 1.807) is 0 Å². The number of ether oxygens (including phenoxy) is 9. The van der Waals surface area contributed by atoms with Gasteiger partial charge in [0.2, 0.25) is 11.8 Å². The summed E-state index contributed by atoms with van der Waals surface area (Å²) in [4.78, 5) is 24.8. The minimum atomic E-state index is -2.15. The van der Waals surface area contributed by atoms with Crippen molar-refractivity contribution in [3.8, 4) is 0 Å². The molecule has 25 atom stereocenters. The summed E-state index contributed by atoms with van der Waals surface area (Å²) >= 11 is 0. The molecule has 5 aliphatic heterocycles. The highest BCUT2D eigenvalue weighted by molar-refractivity contribution is 5.73. The zero-order valence-corrected chi connectivity index (χ0v) is 33.0. The Hall–Kier alpha value is -1.98. The molecule has 0 spiro atoms. The molecule has 5 heterocycles. The predicted octanol–water partition coefficient (Wildman–Crippen LogP) is -10.6. The number of carbonyl (C=O) groups excluding carboxylic acids is 2. The summed E-state index contributed by atoms with van der Waals surface area (Å²) in [6.07, 6.45) is -41.7. The van der Waals surface area contributed by atoms with Gasteiger partial charge in [0.1, 0.15) is 116 Å². The van der Waals surface area contributed by atoms with E-state index < -0.39 is 192 Å². The van der Waals surface area contributed by atoms with Crippen molar-refractivity contribution in [2.24, 2.45) is 0 Å². The molecule has 0 radical (unpaired) electrons. The van der Waals surface area contributed by atoms with Crippen molar-refractivity contribution in [2.45, 2.75) is 174 Å². The van der Waals surface area contributed by atoms with Crippen molar-refractivity contribution >= 4 is 11.8 Å². The van der Waals surface area contributed by atoms with E-state index in [4.69, 9.17) is 42.6 Å². The monoisotopic (exact) mass is 894 g/mol. The lowest BCUT2D eigenvalue weighted by atomic mass is 9.93. The van der Waals surface area contributed by atoms with Gasteiger partial charge in [0.05, 0.1) is 32.5 Å². The third-order valence-electron chi connectivity index (χ3n) is 11.1. The summed E-state index contributed by atoms with van der Waals surface area (Å²) in [5.74, 6) is -1.56. The second-order valence-electron chi connectivity index (χ2n) is 15.4. The van der Waals surface area contributed by atoms with Crippen LogP contribution in [0.3, 0.4) is 0 Å². The first-order chi connectivity index (χ1) is 28.8. The van der Waals surface area contributed by atoms with E-state index in [1.165, 1.54) is 6.92 Å². The number of nitrogens with one attached hydrogen (secondary N) is 2. The third-order valence-corrected chi connectivity index (χ3v) is 11.1. The summed E-state index contributed by atoms with van der Waals surface area (Å²) in [7, 11) is 0. The Labute approximate surface area is 346 Å². The van der Waals surface area contributed by atoms with Crippen LogP contribution >= 0.6 is 0 Å². The Morgan fingerprint density at radius 3 is 1.41 bits per heavy atom. The normalized spacial score (nSPS) is 49.6. The van der Waals surface area contributed by atoms with E-state index in [9.17, 15) is 81.1 Å². The lowest BCUT2D eigenvalue weighted by Gasteiger charge is -2.51. The van der Waals surface area contributed by atoms with Gasteiger partial charge in [0.15, 0.2) is 31.5 Å². The summed E-state index contributed by atoms with van der Waals surface area (Å²) in [6, 6.07) is -3.29. The molecule has 5 saturated heterocycles. The summed E-state index contributed by atoms with van der Waals surface area (Å²) in [6.45, 7) is -0.310. The molecule has 27 heteroatoms. The van der Waals surface area contributed by atoms with Crippen LogP contribution in [0.4, 0.5) is 0 Å². The SMILES string of the molecule is CC(=O)N[C@H]1[C@H](O[C@H]2[C@@H](O)[C@@H](CO)O[C@@H](O[C@H]3[C@H](O[C@@H]4O[C@@H](C)[C@@H](O)[C@@H](O)[C@@H]4O)[C@@H](NC(C)=O)[C@H](O[C@H]4[C@@H](O)[C@@H](CO)OC(O)[C@@H]4O)O[C@@H]3CO)[C@@H]2O)O[C@H](CO)[C@@H](O)[C@@H]1O. The second kappa shape index (κ2) is 21.3. The first-order valence-corrected chi connectivity index (χ1v) is 19.5. The van der Waals surface area contributed by atoms with Crippen LogP contribution in [-0.2, 0) is 52.2 Å². The molecule has 5 aliphatic rings. The molecule has 1 unspecified atom stereocenters. The molecular formula is C34H58N2O25. The maximum absolute atomic E-state index is 12.8. The Morgan fingerprint density at radius 1 is 0.426 bits per heavy atom. The number of aliphatic hydroxyl groups excluding tert-OH is 14. The van der Waals surface area contributed by atoms with Gasteiger partial charge in [-0.15, -0.1) is 0 Å². The van der Waals surface area contributed by atoms with E-state index in [0.717, 1.165) is 13.8 Å². The predicted molar refractivity (Wildman–Crippen MR) is 188 cm³/mol. The molecule has 0 saturated carbocycles. The van der Waals surface area contributed by atoms with Crippen molar-refractivity contribution in [2.75, 3.05) is 26.4 Å². The van der Waals surface area contributed by atoms with Crippen LogP contribution < -0.4 is 10.6 Å². The highest BCUT2D eigenvalue weighted by Gasteiger charge is 2.58. The molecular weight excluding hydrogens is 836 g/mol. The average molecular weight is 895 g/mol. The fourth-order valence-corrected chi connectivity index (χ4v) is 7.77. The first-order valence-electron chi connectivity index (χ1n) is 19.5. The van der Waals surface area contributed by atoms with Crippen LogP contribution in [0.1, 0.15) is 20.8 Å². The molecule has 16 N–H and O–H groups in total. The second-order valence-corrected chi connectivity index (χ2v) is 15.4. The molecule has 0 aliphatic carbocycles. The summed E-state index contributed by atoms with van der Waals surface area (Å²) in [5, 5.41) is 153. The van der Waals surface area contributed by atoms with Gasteiger partial charge in [-0.25, -0.2) is 0 Å². The number of hydrogen-bond donors (Lipinski definition) is 16. The Balaban J connectivity index is 1.52. The van der Waals surface area contributed by atoms with Gasteiger partial charge in [-0.2, -0.15) is 0 Å². The van der Waals surface area contributed by atoms with E-state index in [-0.39, 0.29) is 0 Å². The van der Waals surface area contributed by atoms with Crippen LogP contribution in [0.25, 0.3) is 0 Å². The number of amides is 2. The lowest BCUT2D eigenvalue weighted by molar-refractivity contribution is -0.391. The number of aliphatic hydroxyl groups is 14. The van der Waals surface area contributed by atoms with Gasteiger partial charge in [0, 0.05) is 13.8 Å². The van der Waals surface area contributed by atoms with Gasteiger partial charge in [-0.1, -0.05) is 0 Å². The molecule has 0 aromatic heterocycles. The topological polar surface area (TPSA) is 424 Å². The van der Waals surface area contributed by atoms with Crippen LogP contribution in [0.2, 0.25) is 0 Å². The lowest BCUT2D eigenvalue weighted by Crippen LogP contribution is -2.71. The van der Waals surface area contributed by atoms with Crippen molar-refractivity contribution in [3.05, 3.63) is 0 Å². The standard InChI is InChI=1S/C34H58N2O25/c1-8-17(43)22(48)23(49)33(53-8)59-27-16(36-10(3)42)32(60-28-19(45)12(5-38)54-30(52)24(28)50)57-14(7-40)26(27)58-34-25(51)29(20(46)13(6-39)56-34)61-31-15(35-9(2)41)21(47)18(44)11(4-37)55-31/h8,11-34,37-40,43-52H,4-7H2,1-3H3,(H,35,41)(H,36,42)/t8-,11+,12+,13+,14+,15+,16+,17+,18+,19-,20-,21+,22+,23-,24+,25+,26+,27+,28-,29-,30?,31-,32-,33-,34-/m0/s1. The van der Waals surface area contributed by atoms with Crippen LogP contribution in [0.5, 0.6) is 0 Å². The van der Waals surface area contributed by atoms with E-state index in [1.807, 2.05) is 0 Å². The van der Waals surface area contributed by atoms with Gasteiger partial charge >= 0.3 is 0 Å². The molecule has 27 nitrogen and oxygen atoms in total. The molecule has 5 fully saturated rings. The van der Waals surface area contributed by atoms with Crippen LogP contribution in [-0.4, -0.2) is 263 Å². The molecule has 61 heavy (non-hydrogen) atoms. The molecule has 5 rings (SSSR count). The maximum atomic E-state index is 12.8. The largest absolute Gasteiger partial charge is 0.394 e. The zero-order valence-electron chi connectivity index (χ0n) is 33.0. The van der Waals surface area contributed by atoms with Crippen molar-refractivity contribution in [1.82, 2.24) is 10.6 Å². The molecule has 354 valence electrons. The van der Waals surface area contributed by atoms with Crippen molar-refractivity contribution in [1.29, 1.82) is 0 Å². The van der Waals surface area contributed by atoms with Crippen LogP contribution in [0.15, 0.2) is 0 Å². The smallest absolute Gasteiger partial charge is 0.217 e. The first kappa shape index (κ1) is 50.0. The Morgan fingerprint density at radius 2 is 0.852 bits per heavy atom.